The molecule has 1 aromatic rings. The van der Waals surface area contributed by atoms with Crippen LogP contribution in [-0.4, -0.2) is 54.0 Å². The molecule has 0 bridgehead atoms. The van der Waals surface area contributed by atoms with Crippen LogP contribution < -0.4 is 5.32 Å². The van der Waals surface area contributed by atoms with Crippen LogP contribution in [-0.2, 0) is 4.79 Å². The summed E-state index contributed by atoms with van der Waals surface area (Å²) in [7, 11) is 0. The van der Waals surface area contributed by atoms with Gasteiger partial charge < -0.3 is 15.3 Å². The molecule has 1 rings (SSSR count). The van der Waals surface area contributed by atoms with Gasteiger partial charge in [-0.2, -0.15) is 0 Å². The zero-order chi connectivity index (χ0) is 17.2. The van der Waals surface area contributed by atoms with Crippen molar-refractivity contribution in [1.82, 2.24) is 10.2 Å². The Morgan fingerprint density at radius 3 is 2.35 bits per heavy atom. The molecule has 0 aromatic heterocycles. The van der Waals surface area contributed by atoms with E-state index in [2.05, 4.69) is 40.0 Å². The van der Waals surface area contributed by atoms with Crippen LogP contribution in [0.4, 0.5) is 0 Å². The fraction of sp³-hybridized carbons (Fsp3) is 0.529. The molecule has 0 heterocycles. The van der Waals surface area contributed by atoms with Crippen LogP contribution in [0.2, 0.25) is 0 Å². The van der Waals surface area contributed by atoms with Crippen molar-refractivity contribution in [1.29, 1.82) is 0 Å². The van der Waals surface area contributed by atoms with Crippen LogP contribution in [0.5, 0.6) is 0 Å². The largest absolute Gasteiger partial charge is 0.480 e. The van der Waals surface area contributed by atoms with Gasteiger partial charge >= 0.3 is 5.97 Å². The van der Waals surface area contributed by atoms with Crippen molar-refractivity contribution in [3.05, 3.63) is 34.3 Å². The van der Waals surface area contributed by atoms with Gasteiger partial charge in [-0.05, 0) is 44.7 Å². The minimum absolute atomic E-state index is 0.0394. The summed E-state index contributed by atoms with van der Waals surface area (Å²) < 4.78 is 0.887. The Bertz CT molecular complexity index is 501. The Kier molecular flexibility index (Phi) is 9.06. The second-order valence-electron chi connectivity index (χ2n) is 5.36. The van der Waals surface area contributed by atoms with Gasteiger partial charge in [0.1, 0.15) is 6.04 Å². The predicted octanol–water partition coefficient (Wildman–Crippen LogP) is 2.80. The number of carbonyl (C=O) groups excluding carboxylic acids is 1. The molecule has 23 heavy (non-hydrogen) atoms. The maximum Gasteiger partial charge on any atom is 0.321 e. The lowest BCUT2D eigenvalue weighted by Crippen LogP contribution is -2.40. The molecule has 0 aliphatic carbocycles. The molecule has 0 spiro atoms. The molecule has 0 unspecified atom stereocenters. The Labute approximate surface area is 146 Å². The molecule has 1 aromatic carbocycles. The molecule has 0 fully saturated rings. The highest BCUT2D eigenvalue weighted by Gasteiger charge is 2.21. The Balaban J connectivity index is 2.47. The lowest BCUT2D eigenvalue weighted by atomic mass is 10.0. The fourth-order valence-corrected chi connectivity index (χ4v) is 2.57. The number of carboxylic acid groups (broad SMARTS) is 1. The first-order valence-electron chi connectivity index (χ1n) is 7.95. The number of nitrogens with zero attached hydrogens (tertiary/aromatic N) is 1. The first kappa shape index (κ1) is 19.8. The van der Waals surface area contributed by atoms with Crippen molar-refractivity contribution in [3.63, 3.8) is 0 Å². The van der Waals surface area contributed by atoms with Gasteiger partial charge in [0.25, 0.3) is 0 Å². The van der Waals surface area contributed by atoms with Crippen molar-refractivity contribution < 1.29 is 14.7 Å². The summed E-state index contributed by atoms with van der Waals surface area (Å²) in [6.07, 6.45) is 0.820. The maximum atomic E-state index is 12.2. The fourth-order valence-electron chi connectivity index (χ4n) is 2.30. The predicted molar refractivity (Wildman–Crippen MR) is 94.9 cm³/mol. The van der Waals surface area contributed by atoms with Gasteiger partial charge in [-0.3, -0.25) is 9.59 Å². The summed E-state index contributed by atoms with van der Waals surface area (Å²) in [6, 6.07) is 6.11. The van der Waals surface area contributed by atoms with Crippen LogP contribution in [0.15, 0.2) is 28.7 Å². The average Bonchev–Trinajstić information content (AvgIpc) is 2.54. The van der Waals surface area contributed by atoms with Gasteiger partial charge in [-0.1, -0.05) is 41.9 Å². The Morgan fingerprint density at radius 1 is 1.22 bits per heavy atom. The summed E-state index contributed by atoms with van der Waals surface area (Å²) in [5.41, 5.74) is 0.532. The van der Waals surface area contributed by atoms with Gasteiger partial charge in [0, 0.05) is 16.5 Å². The third-order valence-electron chi connectivity index (χ3n) is 3.79. The van der Waals surface area contributed by atoms with E-state index < -0.39 is 12.0 Å². The van der Waals surface area contributed by atoms with E-state index in [1.54, 1.807) is 24.3 Å². The molecule has 0 saturated heterocycles. The van der Waals surface area contributed by atoms with Crippen molar-refractivity contribution in [3.8, 4) is 0 Å². The van der Waals surface area contributed by atoms with Crippen LogP contribution in [0.3, 0.4) is 0 Å². The van der Waals surface area contributed by atoms with E-state index in [0.717, 1.165) is 30.5 Å². The molecule has 6 heteroatoms. The molecule has 1 atom stereocenters. The molecule has 0 aliphatic heterocycles. The summed E-state index contributed by atoms with van der Waals surface area (Å²) in [5, 5.41) is 12.3. The number of hydrogen-bond donors (Lipinski definition) is 2. The highest BCUT2D eigenvalue weighted by molar-refractivity contribution is 9.10. The molecular weight excluding hydrogens is 360 g/mol. The number of halogens is 1. The van der Waals surface area contributed by atoms with Crippen molar-refractivity contribution in [2.75, 3.05) is 26.2 Å². The number of nitrogens with one attached hydrogen (secondary N) is 1. The number of aliphatic carboxylic acids is 1. The Morgan fingerprint density at radius 2 is 1.83 bits per heavy atom. The minimum atomic E-state index is -0.988. The summed E-state index contributed by atoms with van der Waals surface area (Å²) in [4.78, 5) is 25.8. The number of Topliss-reactive ketones (excluding diaryl/α,β-unsaturated/α-hetero) is 1. The van der Waals surface area contributed by atoms with Gasteiger partial charge in [-0.25, -0.2) is 0 Å². The summed E-state index contributed by atoms with van der Waals surface area (Å²) >= 11 is 3.31. The van der Waals surface area contributed by atoms with Gasteiger partial charge in [0.05, 0.1) is 0 Å². The monoisotopic (exact) mass is 384 g/mol. The maximum absolute atomic E-state index is 12.2. The van der Waals surface area contributed by atoms with Crippen molar-refractivity contribution >= 4 is 27.7 Å². The zero-order valence-corrected chi connectivity index (χ0v) is 15.3. The molecule has 0 saturated carbocycles. The van der Waals surface area contributed by atoms with Gasteiger partial charge in [-0.15, -0.1) is 0 Å². The zero-order valence-electron chi connectivity index (χ0n) is 13.7. The topological polar surface area (TPSA) is 69.6 Å². The van der Waals surface area contributed by atoms with Crippen LogP contribution in [0, 0.1) is 0 Å². The average molecular weight is 385 g/mol. The first-order chi connectivity index (χ1) is 11.0. The van der Waals surface area contributed by atoms with Gasteiger partial charge in [0.15, 0.2) is 5.78 Å². The number of ketones is 1. The van der Waals surface area contributed by atoms with E-state index in [9.17, 15) is 14.7 Å². The van der Waals surface area contributed by atoms with E-state index >= 15 is 0 Å². The number of carbonyl (C=O) groups is 2. The summed E-state index contributed by atoms with van der Waals surface area (Å²) in [5.74, 6) is -1.15. The van der Waals surface area contributed by atoms with Crippen LogP contribution in [0.1, 0.15) is 37.0 Å². The van der Waals surface area contributed by atoms with E-state index in [0.29, 0.717) is 12.1 Å². The molecule has 2 N–H and O–H groups in total. The minimum Gasteiger partial charge on any atom is -0.480 e. The second kappa shape index (κ2) is 10.5. The van der Waals surface area contributed by atoms with E-state index in [-0.39, 0.29) is 12.2 Å². The van der Waals surface area contributed by atoms with E-state index in [1.165, 1.54) is 0 Å². The third-order valence-corrected chi connectivity index (χ3v) is 4.32. The molecular formula is C17H25BrN2O3. The van der Waals surface area contributed by atoms with Gasteiger partial charge in [0.2, 0.25) is 0 Å². The Hall–Kier alpha value is -1.24. The molecule has 128 valence electrons. The third kappa shape index (κ3) is 7.24. The van der Waals surface area contributed by atoms with E-state index in [4.69, 9.17) is 0 Å². The van der Waals surface area contributed by atoms with Crippen molar-refractivity contribution in [2.45, 2.75) is 32.7 Å². The van der Waals surface area contributed by atoms with E-state index in [1.807, 2.05) is 0 Å². The summed E-state index contributed by atoms with van der Waals surface area (Å²) in [6.45, 7) is 7.69. The first-order valence-corrected chi connectivity index (χ1v) is 8.74. The SMILES string of the molecule is CCN(CC)CCCN[C@@H](CC(=O)c1ccc(Br)cc1)C(=O)O. The molecule has 0 radical (unpaired) electrons. The highest BCUT2D eigenvalue weighted by atomic mass is 79.9. The smallest absolute Gasteiger partial charge is 0.321 e. The van der Waals surface area contributed by atoms with Crippen LogP contribution in [0.25, 0.3) is 0 Å². The molecule has 0 aliphatic rings. The quantitative estimate of drug-likeness (QED) is 0.453. The number of hydrogen-bond acceptors (Lipinski definition) is 4. The number of benzene rings is 1. The second-order valence-corrected chi connectivity index (χ2v) is 6.28. The highest BCUT2D eigenvalue weighted by Crippen LogP contribution is 2.13. The lowest BCUT2D eigenvalue weighted by Gasteiger charge is -2.19. The number of carboxylic acids is 1. The van der Waals surface area contributed by atoms with Crippen LogP contribution >= 0.6 is 15.9 Å². The lowest BCUT2D eigenvalue weighted by molar-refractivity contribution is -0.139. The molecule has 5 nitrogen and oxygen atoms in total. The standard InChI is InChI=1S/C17H25BrN2O3/c1-3-20(4-2)11-5-10-19-15(17(22)23)12-16(21)13-6-8-14(18)9-7-13/h6-9,15,19H,3-5,10-12H2,1-2H3,(H,22,23)/t15-/m0/s1. The van der Waals surface area contributed by atoms with Crippen molar-refractivity contribution in [2.24, 2.45) is 0 Å². The molecule has 0 amide bonds. The number of rotatable bonds is 11. The normalized spacial score (nSPS) is 12.3.